The predicted octanol–water partition coefficient (Wildman–Crippen LogP) is 6.12. The number of benzene rings is 1. The Bertz CT molecular complexity index is 786. The number of H-pyrrole nitrogens is 1. The van der Waals surface area contributed by atoms with E-state index in [1.807, 2.05) is 33.0 Å². The maximum absolute atomic E-state index is 12.9. The summed E-state index contributed by atoms with van der Waals surface area (Å²) < 4.78 is 6.83. The molecule has 0 aliphatic carbocycles. The van der Waals surface area contributed by atoms with Gasteiger partial charge in [-0.05, 0) is 48.7 Å². The average Bonchev–Trinajstić information content (AvgIpc) is 2.92. The molecule has 0 aliphatic heterocycles. The molecule has 1 heterocycles. The highest BCUT2D eigenvalue weighted by Crippen LogP contribution is 2.43. The standard InChI is InChI=1S/C22H36N2O2Si/c1-10-24(9)22(25)21-17(8)23-20-12-11-18(13-19(20)21)26-27(14(2)3,15(4)5)16(6)7/h11-16,23H,10H2,1-9H3. The topological polar surface area (TPSA) is 45.3 Å². The molecule has 0 unspecified atom stereocenters. The summed E-state index contributed by atoms with van der Waals surface area (Å²) in [5.41, 5.74) is 4.17. The molecule has 5 heteroatoms. The summed E-state index contributed by atoms with van der Waals surface area (Å²) in [6.07, 6.45) is 0. The minimum atomic E-state index is -2.03. The number of aryl methyl sites for hydroxylation is 1. The maximum Gasteiger partial charge on any atom is 0.258 e. The molecule has 0 fully saturated rings. The van der Waals surface area contributed by atoms with Crippen LogP contribution in [0.2, 0.25) is 16.6 Å². The molecule has 150 valence electrons. The van der Waals surface area contributed by atoms with Gasteiger partial charge < -0.3 is 14.3 Å². The van der Waals surface area contributed by atoms with E-state index in [-0.39, 0.29) is 5.91 Å². The highest BCUT2D eigenvalue weighted by atomic mass is 28.4. The van der Waals surface area contributed by atoms with Gasteiger partial charge in [0.25, 0.3) is 14.2 Å². The third-order valence-electron chi connectivity index (χ3n) is 5.99. The molecule has 0 atom stereocenters. The highest BCUT2D eigenvalue weighted by Gasteiger charge is 2.47. The van der Waals surface area contributed by atoms with Crippen molar-refractivity contribution in [2.45, 2.75) is 72.0 Å². The number of amides is 1. The normalized spacial score (nSPS) is 12.4. The summed E-state index contributed by atoms with van der Waals surface area (Å²) in [7, 11) is -0.185. The van der Waals surface area contributed by atoms with E-state index in [0.29, 0.717) is 23.2 Å². The highest BCUT2D eigenvalue weighted by molar-refractivity contribution is 6.78. The molecular formula is C22H36N2O2Si. The number of nitrogens with one attached hydrogen (secondary N) is 1. The molecule has 0 aliphatic rings. The molecule has 1 N–H and O–H groups in total. The molecule has 1 aromatic heterocycles. The molecule has 0 spiro atoms. The second kappa shape index (κ2) is 8.09. The largest absolute Gasteiger partial charge is 0.543 e. The van der Waals surface area contributed by atoms with Crippen LogP contribution in [0.15, 0.2) is 18.2 Å². The molecule has 0 saturated carbocycles. The second-order valence-electron chi connectivity index (χ2n) is 8.57. The van der Waals surface area contributed by atoms with Crippen molar-refractivity contribution >= 4 is 25.1 Å². The van der Waals surface area contributed by atoms with Crippen molar-refractivity contribution in [1.82, 2.24) is 9.88 Å². The van der Waals surface area contributed by atoms with Gasteiger partial charge in [-0.3, -0.25) is 4.79 Å². The van der Waals surface area contributed by atoms with E-state index in [9.17, 15) is 4.79 Å². The minimum absolute atomic E-state index is 0.0542. The third-order valence-corrected chi connectivity index (χ3v) is 12.0. The minimum Gasteiger partial charge on any atom is -0.543 e. The Balaban J connectivity index is 2.56. The number of aromatic amines is 1. The number of fused-ring (bicyclic) bond motifs is 1. The molecule has 2 rings (SSSR count). The van der Waals surface area contributed by atoms with Crippen molar-refractivity contribution < 1.29 is 9.22 Å². The Morgan fingerprint density at radius 2 is 1.67 bits per heavy atom. The SMILES string of the molecule is CCN(C)C(=O)c1c(C)[nH]c2ccc(O[Si](C(C)C)(C(C)C)C(C)C)cc12. The third kappa shape index (κ3) is 3.79. The summed E-state index contributed by atoms with van der Waals surface area (Å²) in [6, 6.07) is 6.15. The van der Waals surface area contributed by atoms with Crippen LogP contribution in [0.4, 0.5) is 0 Å². The molecule has 1 aromatic carbocycles. The van der Waals surface area contributed by atoms with E-state index in [2.05, 4.69) is 52.6 Å². The Hall–Kier alpha value is -1.75. The number of nitrogens with zero attached hydrogens (tertiary/aromatic N) is 1. The van der Waals surface area contributed by atoms with Gasteiger partial charge in [0.05, 0.1) is 5.56 Å². The number of carbonyl (C=O) groups is 1. The van der Waals surface area contributed by atoms with Crippen LogP contribution in [0.25, 0.3) is 10.9 Å². The zero-order valence-corrected chi connectivity index (χ0v) is 19.4. The molecule has 27 heavy (non-hydrogen) atoms. The van der Waals surface area contributed by atoms with Crippen molar-refractivity contribution in [1.29, 1.82) is 0 Å². The summed E-state index contributed by atoms with van der Waals surface area (Å²) in [5.74, 6) is 0.941. The maximum atomic E-state index is 12.9. The molecule has 0 saturated heterocycles. The number of hydrogen-bond acceptors (Lipinski definition) is 2. The lowest BCUT2D eigenvalue weighted by Crippen LogP contribution is -2.50. The summed E-state index contributed by atoms with van der Waals surface area (Å²) in [6.45, 7) is 18.4. The van der Waals surface area contributed by atoms with Gasteiger partial charge in [0.1, 0.15) is 5.75 Å². The van der Waals surface area contributed by atoms with Crippen LogP contribution in [0, 0.1) is 6.92 Å². The fourth-order valence-electron chi connectivity index (χ4n) is 4.54. The fourth-order valence-corrected chi connectivity index (χ4v) is 9.78. The lowest BCUT2D eigenvalue weighted by molar-refractivity contribution is 0.0803. The first kappa shape index (κ1) is 21.5. The van der Waals surface area contributed by atoms with Crippen LogP contribution in [-0.2, 0) is 0 Å². The lowest BCUT2D eigenvalue weighted by Gasteiger charge is -2.42. The molecule has 1 amide bonds. The van der Waals surface area contributed by atoms with Crippen molar-refractivity contribution in [2.75, 3.05) is 13.6 Å². The zero-order chi connectivity index (χ0) is 20.5. The molecule has 4 nitrogen and oxygen atoms in total. The van der Waals surface area contributed by atoms with Crippen molar-refractivity contribution in [2.24, 2.45) is 0 Å². The van der Waals surface area contributed by atoms with Crippen LogP contribution >= 0.6 is 0 Å². The number of hydrogen-bond donors (Lipinski definition) is 1. The first-order valence-corrected chi connectivity index (χ1v) is 12.3. The monoisotopic (exact) mass is 388 g/mol. The number of carbonyl (C=O) groups excluding carboxylic acids is 1. The van der Waals surface area contributed by atoms with E-state index in [1.54, 1.807) is 4.90 Å². The van der Waals surface area contributed by atoms with Gasteiger partial charge in [0, 0.05) is 30.2 Å². The summed E-state index contributed by atoms with van der Waals surface area (Å²) >= 11 is 0. The van der Waals surface area contributed by atoms with Crippen molar-refractivity contribution in [3.63, 3.8) is 0 Å². The molecular weight excluding hydrogens is 352 g/mol. The van der Waals surface area contributed by atoms with Gasteiger partial charge in [0.15, 0.2) is 0 Å². The summed E-state index contributed by atoms with van der Waals surface area (Å²) in [5, 5.41) is 0.953. The quantitative estimate of drug-likeness (QED) is 0.580. The molecule has 0 bridgehead atoms. The Kier molecular flexibility index (Phi) is 6.46. The fraction of sp³-hybridized carbons (Fsp3) is 0.591. The Labute approximate surface area is 165 Å². The van der Waals surface area contributed by atoms with Gasteiger partial charge in [-0.15, -0.1) is 0 Å². The van der Waals surface area contributed by atoms with Gasteiger partial charge in [-0.25, -0.2) is 0 Å². The Morgan fingerprint density at radius 3 is 2.15 bits per heavy atom. The first-order chi connectivity index (χ1) is 12.6. The first-order valence-electron chi connectivity index (χ1n) is 10.1. The van der Waals surface area contributed by atoms with Gasteiger partial charge in [-0.1, -0.05) is 41.5 Å². The van der Waals surface area contributed by atoms with E-state index >= 15 is 0 Å². The summed E-state index contributed by atoms with van der Waals surface area (Å²) in [4.78, 5) is 18.0. The van der Waals surface area contributed by atoms with Gasteiger partial charge in [-0.2, -0.15) is 0 Å². The smallest absolute Gasteiger partial charge is 0.258 e. The average molecular weight is 389 g/mol. The van der Waals surface area contributed by atoms with Gasteiger partial charge in [0.2, 0.25) is 0 Å². The van der Waals surface area contributed by atoms with Gasteiger partial charge >= 0.3 is 0 Å². The van der Waals surface area contributed by atoms with Crippen LogP contribution in [0.3, 0.4) is 0 Å². The number of aromatic nitrogens is 1. The number of rotatable bonds is 7. The van der Waals surface area contributed by atoms with E-state index in [0.717, 1.165) is 27.9 Å². The van der Waals surface area contributed by atoms with Crippen LogP contribution < -0.4 is 4.43 Å². The molecule has 2 aromatic rings. The van der Waals surface area contributed by atoms with E-state index in [1.165, 1.54) is 0 Å². The van der Waals surface area contributed by atoms with Crippen molar-refractivity contribution in [3.05, 3.63) is 29.5 Å². The van der Waals surface area contributed by atoms with E-state index < -0.39 is 8.32 Å². The van der Waals surface area contributed by atoms with E-state index in [4.69, 9.17) is 4.43 Å². The van der Waals surface area contributed by atoms with Crippen molar-refractivity contribution in [3.8, 4) is 5.75 Å². The zero-order valence-electron chi connectivity index (χ0n) is 18.4. The second-order valence-corrected chi connectivity index (χ2v) is 13.9. The predicted molar refractivity (Wildman–Crippen MR) is 117 cm³/mol. The van der Waals surface area contributed by atoms with Crippen LogP contribution in [0.5, 0.6) is 5.75 Å². The van der Waals surface area contributed by atoms with Crippen LogP contribution in [0.1, 0.15) is 64.5 Å². The Morgan fingerprint density at radius 1 is 1.11 bits per heavy atom. The lowest BCUT2D eigenvalue weighted by atomic mass is 10.1. The molecule has 0 radical (unpaired) electrons. The van der Waals surface area contributed by atoms with Crippen LogP contribution in [-0.4, -0.2) is 37.7 Å².